The summed E-state index contributed by atoms with van der Waals surface area (Å²) in [5, 5.41) is 11.0. The number of hydrogen-bond acceptors (Lipinski definition) is 6. The third-order valence-corrected chi connectivity index (χ3v) is 2.79. The first kappa shape index (κ1) is 15.0. The van der Waals surface area contributed by atoms with Crippen LogP contribution in [-0.4, -0.2) is 14.9 Å². The average molecular weight is 291 g/mol. The van der Waals surface area contributed by atoms with E-state index in [1.165, 1.54) is 12.3 Å². The number of ether oxygens (including phenoxy) is 1. The van der Waals surface area contributed by atoms with Crippen molar-refractivity contribution >= 4 is 5.69 Å². The summed E-state index contributed by atoms with van der Waals surface area (Å²) < 4.78 is 10.9. The second kappa shape index (κ2) is 5.51. The van der Waals surface area contributed by atoms with E-state index in [0.717, 1.165) is 5.76 Å². The smallest absolute Gasteiger partial charge is 0.331 e. The van der Waals surface area contributed by atoms with Gasteiger partial charge in [0.25, 0.3) is 5.88 Å². The maximum absolute atomic E-state index is 11.0. The van der Waals surface area contributed by atoms with Gasteiger partial charge in [-0.1, -0.05) is 20.8 Å². The highest BCUT2D eigenvalue weighted by Crippen LogP contribution is 2.26. The van der Waals surface area contributed by atoms with E-state index in [9.17, 15) is 10.1 Å². The molecule has 0 bridgehead atoms. The first-order valence-electron chi connectivity index (χ1n) is 6.46. The van der Waals surface area contributed by atoms with E-state index < -0.39 is 4.92 Å². The van der Waals surface area contributed by atoms with Crippen LogP contribution in [0, 0.1) is 17.0 Å². The standard InChI is InChI=1S/C14H17N3O4/c1-9-5-10(17(18)19)13(16-6-9)20-8-12-15-7-11(21-12)14(2,3)4/h5-7H,8H2,1-4H3. The molecule has 0 N–H and O–H groups in total. The van der Waals surface area contributed by atoms with Gasteiger partial charge in [-0.2, -0.15) is 0 Å². The number of nitrogens with zero attached hydrogens (tertiary/aromatic N) is 3. The van der Waals surface area contributed by atoms with Crippen molar-refractivity contribution in [3.8, 4) is 5.88 Å². The lowest BCUT2D eigenvalue weighted by Crippen LogP contribution is -2.09. The van der Waals surface area contributed by atoms with E-state index >= 15 is 0 Å². The Morgan fingerprint density at radius 3 is 2.62 bits per heavy atom. The quantitative estimate of drug-likeness (QED) is 0.634. The molecule has 2 aromatic rings. The van der Waals surface area contributed by atoms with Gasteiger partial charge >= 0.3 is 5.69 Å². The van der Waals surface area contributed by atoms with Gasteiger partial charge in [-0.05, 0) is 12.5 Å². The maximum Gasteiger partial charge on any atom is 0.331 e. The van der Waals surface area contributed by atoms with Crippen molar-refractivity contribution < 1.29 is 14.1 Å². The highest BCUT2D eigenvalue weighted by molar-refractivity contribution is 5.42. The Morgan fingerprint density at radius 2 is 2.05 bits per heavy atom. The summed E-state index contributed by atoms with van der Waals surface area (Å²) >= 11 is 0. The summed E-state index contributed by atoms with van der Waals surface area (Å²) in [5.41, 5.74) is 0.372. The minimum Gasteiger partial charge on any atom is -0.463 e. The molecule has 21 heavy (non-hydrogen) atoms. The van der Waals surface area contributed by atoms with Crippen molar-refractivity contribution in [2.45, 2.75) is 39.7 Å². The fourth-order valence-corrected chi connectivity index (χ4v) is 1.64. The summed E-state index contributed by atoms with van der Waals surface area (Å²) in [6, 6.07) is 1.42. The van der Waals surface area contributed by atoms with Gasteiger partial charge in [-0.25, -0.2) is 9.97 Å². The van der Waals surface area contributed by atoms with E-state index in [0.29, 0.717) is 11.5 Å². The molecule has 0 fully saturated rings. The van der Waals surface area contributed by atoms with Crippen LogP contribution in [-0.2, 0) is 12.0 Å². The Bertz CT molecular complexity index is 658. The zero-order valence-electron chi connectivity index (χ0n) is 12.4. The van der Waals surface area contributed by atoms with E-state index in [-0.39, 0.29) is 23.6 Å². The first-order chi connectivity index (χ1) is 9.77. The Labute approximate surface area is 122 Å². The molecule has 2 heterocycles. The van der Waals surface area contributed by atoms with E-state index in [4.69, 9.17) is 9.15 Å². The topological polar surface area (TPSA) is 91.3 Å². The van der Waals surface area contributed by atoms with E-state index in [1.807, 2.05) is 20.8 Å². The Morgan fingerprint density at radius 1 is 1.33 bits per heavy atom. The first-order valence-corrected chi connectivity index (χ1v) is 6.46. The monoisotopic (exact) mass is 291 g/mol. The Hall–Kier alpha value is -2.44. The normalized spacial score (nSPS) is 11.4. The van der Waals surface area contributed by atoms with Crippen LogP contribution in [0.3, 0.4) is 0 Å². The summed E-state index contributed by atoms with van der Waals surface area (Å²) in [4.78, 5) is 18.5. The van der Waals surface area contributed by atoms with Crippen LogP contribution in [0.2, 0.25) is 0 Å². The van der Waals surface area contributed by atoms with Gasteiger partial charge in [0.1, 0.15) is 5.76 Å². The molecular weight excluding hydrogens is 274 g/mol. The molecule has 112 valence electrons. The number of aryl methyl sites for hydroxylation is 1. The lowest BCUT2D eigenvalue weighted by molar-refractivity contribution is -0.386. The molecule has 0 unspecified atom stereocenters. The summed E-state index contributed by atoms with van der Waals surface area (Å²) in [6.07, 6.45) is 3.15. The molecule has 2 rings (SSSR count). The molecule has 0 aliphatic heterocycles. The second-order valence-corrected chi connectivity index (χ2v) is 5.75. The van der Waals surface area contributed by atoms with Crippen molar-refractivity contribution in [3.63, 3.8) is 0 Å². The third-order valence-electron chi connectivity index (χ3n) is 2.79. The summed E-state index contributed by atoms with van der Waals surface area (Å²) in [7, 11) is 0. The van der Waals surface area contributed by atoms with Gasteiger partial charge in [-0.15, -0.1) is 0 Å². The average Bonchev–Trinajstić information content (AvgIpc) is 2.85. The largest absolute Gasteiger partial charge is 0.463 e. The fraction of sp³-hybridized carbons (Fsp3) is 0.429. The van der Waals surface area contributed by atoms with Gasteiger partial charge in [0.15, 0.2) is 6.61 Å². The maximum atomic E-state index is 11.0. The third kappa shape index (κ3) is 3.56. The number of oxazole rings is 1. The highest BCUT2D eigenvalue weighted by Gasteiger charge is 2.21. The van der Waals surface area contributed by atoms with E-state index in [2.05, 4.69) is 9.97 Å². The van der Waals surface area contributed by atoms with Crippen LogP contribution in [0.15, 0.2) is 22.9 Å². The molecule has 0 aromatic carbocycles. The predicted octanol–water partition coefficient (Wildman–Crippen LogP) is 3.16. The van der Waals surface area contributed by atoms with Crippen LogP contribution in [0.4, 0.5) is 5.69 Å². The second-order valence-electron chi connectivity index (χ2n) is 5.75. The molecule has 0 spiro atoms. The number of rotatable bonds is 4. The molecule has 0 amide bonds. The highest BCUT2D eigenvalue weighted by atomic mass is 16.6. The molecule has 7 nitrogen and oxygen atoms in total. The fourth-order valence-electron chi connectivity index (χ4n) is 1.64. The van der Waals surface area contributed by atoms with Crippen LogP contribution in [0.5, 0.6) is 5.88 Å². The minimum atomic E-state index is -0.522. The molecule has 7 heteroatoms. The Kier molecular flexibility index (Phi) is 3.93. The molecule has 0 radical (unpaired) electrons. The minimum absolute atomic E-state index is 0.00696. The number of pyridine rings is 1. The molecule has 2 aromatic heterocycles. The van der Waals surface area contributed by atoms with Crippen molar-refractivity contribution in [3.05, 3.63) is 45.8 Å². The molecule has 0 saturated carbocycles. The van der Waals surface area contributed by atoms with Crippen molar-refractivity contribution in [2.75, 3.05) is 0 Å². The Balaban J connectivity index is 2.13. The lowest BCUT2D eigenvalue weighted by atomic mass is 9.94. The summed E-state index contributed by atoms with van der Waals surface area (Å²) in [5.74, 6) is 1.05. The molecule has 0 aliphatic rings. The van der Waals surface area contributed by atoms with Gasteiger partial charge in [0.2, 0.25) is 5.89 Å². The number of hydrogen-bond donors (Lipinski definition) is 0. The van der Waals surface area contributed by atoms with Crippen LogP contribution in [0.1, 0.15) is 38.0 Å². The van der Waals surface area contributed by atoms with E-state index in [1.54, 1.807) is 13.1 Å². The van der Waals surface area contributed by atoms with Crippen LogP contribution >= 0.6 is 0 Å². The van der Waals surface area contributed by atoms with Crippen LogP contribution in [0.25, 0.3) is 0 Å². The van der Waals surface area contributed by atoms with Crippen molar-refractivity contribution in [1.82, 2.24) is 9.97 Å². The zero-order valence-corrected chi connectivity index (χ0v) is 12.4. The van der Waals surface area contributed by atoms with Crippen molar-refractivity contribution in [2.24, 2.45) is 0 Å². The van der Waals surface area contributed by atoms with Gasteiger partial charge in [-0.3, -0.25) is 10.1 Å². The predicted molar refractivity (Wildman–Crippen MR) is 75.2 cm³/mol. The lowest BCUT2D eigenvalue weighted by Gasteiger charge is -2.13. The molecule has 0 atom stereocenters. The zero-order chi connectivity index (χ0) is 15.6. The van der Waals surface area contributed by atoms with Gasteiger partial charge in [0, 0.05) is 17.7 Å². The number of aromatic nitrogens is 2. The number of nitro groups is 1. The molecular formula is C14H17N3O4. The molecule has 0 saturated heterocycles. The van der Waals surface area contributed by atoms with Crippen molar-refractivity contribution in [1.29, 1.82) is 0 Å². The summed E-state index contributed by atoms with van der Waals surface area (Å²) in [6.45, 7) is 7.74. The molecule has 0 aliphatic carbocycles. The SMILES string of the molecule is Cc1cnc(OCc2ncc(C(C)(C)C)o2)c([N+](=O)[O-])c1. The van der Waals surface area contributed by atoms with Gasteiger partial charge in [0.05, 0.1) is 11.1 Å². The van der Waals surface area contributed by atoms with Gasteiger partial charge < -0.3 is 9.15 Å². The van der Waals surface area contributed by atoms with Crippen LogP contribution < -0.4 is 4.74 Å².